The number of hydrogen-bond donors (Lipinski definition) is 1. The number of hydrogen-bond acceptors (Lipinski definition) is 8. The third-order valence-electron chi connectivity index (χ3n) is 8.23. The number of quaternary nitrogens is 1. The van der Waals surface area contributed by atoms with Crippen molar-refractivity contribution in [3.63, 3.8) is 0 Å². The van der Waals surface area contributed by atoms with E-state index in [9.17, 15) is 19.0 Å². The Morgan fingerprint density at radius 3 is 1.62 bits per heavy atom. The molecule has 0 aliphatic heterocycles. The fourth-order valence-electron chi connectivity index (χ4n) is 5.09. The average Bonchev–Trinajstić information content (AvgIpc) is 3.00. The molecule has 3 atom stereocenters. The SMILES string of the molecule is CCC(C)CCCCCCCCCCC(=O)O[C@@H](COC(=O)CCCCCCCCCCCC(C)C)COP(=O)([O-])OCC[NH3+]. The summed E-state index contributed by atoms with van der Waals surface area (Å²) in [5, 5.41) is 0. The lowest BCUT2D eigenvalue weighted by atomic mass is 9.99. The van der Waals surface area contributed by atoms with E-state index in [0.29, 0.717) is 6.42 Å². The van der Waals surface area contributed by atoms with E-state index in [1.54, 1.807) is 0 Å². The summed E-state index contributed by atoms with van der Waals surface area (Å²) in [7, 11) is -4.57. The molecule has 0 aromatic rings. The molecule has 0 amide bonds. The van der Waals surface area contributed by atoms with E-state index >= 15 is 0 Å². The van der Waals surface area contributed by atoms with Gasteiger partial charge in [-0.2, -0.15) is 0 Å². The zero-order valence-corrected chi connectivity index (χ0v) is 30.4. The fraction of sp³-hybridized carbons (Fsp3) is 0.943. The molecule has 268 valence electrons. The van der Waals surface area contributed by atoms with E-state index in [-0.39, 0.29) is 38.6 Å². The third kappa shape index (κ3) is 31.4. The first-order chi connectivity index (χ1) is 21.6. The predicted octanol–water partition coefficient (Wildman–Crippen LogP) is 8.08. The van der Waals surface area contributed by atoms with Crippen molar-refractivity contribution in [2.75, 3.05) is 26.4 Å². The zero-order chi connectivity index (χ0) is 33.6. The normalized spacial score (nSPS) is 14.3. The van der Waals surface area contributed by atoms with Crippen molar-refractivity contribution in [1.29, 1.82) is 0 Å². The van der Waals surface area contributed by atoms with Crippen molar-refractivity contribution in [2.24, 2.45) is 11.8 Å². The number of carbonyl (C=O) groups excluding carboxylic acids is 2. The molecule has 0 rings (SSSR count). The topological polar surface area (TPSA) is 139 Å². The molecule has 9 nitrogen and oxygen atoms in total. The number of carbonyl (C=O) groups is 2. The quantitative estimate of drug-likeness (QED) is 0.0422. The zero-order valence-electron chi connectivity index (χ0n) is 29.5. The van der Waals surface area contributed by atoms with Gasteiger partial charge in [-0.3, -0.25) is 14.2 Å². The molecule has 0 saturated carbocycles. The number of rotatable bonds is 33. The van der Waals surface area contributed by atoms with Crippen LogP contribution in [0, 0.1) is 11.8 Å². The monoisotopic (exact) mass is 663 g/mol. The summed E-state index contributed by atoms with van der Waals surface area (Å²) < 4.78 is 32.3. The van der Waals surface area contributed by atoms with Gasteiger partial charge in [0.2, 0.25) is 0 Å². The van der Waals surface area contributed by atoms with Crippen molar-refractivity contribution >= 4 is 19.8 Å². The van der Waals surface area contributed by atoms with Gasteiger partial charge in [-0.15, -0.1) is 0 Å². The molecule has 0 aliphatic rings. The highest BCUT2D eigenvalue weighted by molar-refractivity contribution is 7.45. The van der Waals surface area contributed by atoms with Crippen molar-refractivity contribution in [3.8, 4) is 0 Å². The lowest BCUT2D eigenvalue weighted by molar-refractivity contribution is -0.373. The van der Waals surface area contributed by atoms with Gasteiger partial charge in [0.15, 0.2) is 6.10 Å². The predicted molar refractivity (Wildman–Crippen MR) is 179 cm³/mol. The molecule has 0 bridgehead atoms. The number of phosphoric ester groups is 1. The van der Waals surface area contributed by atoms with Gasteiger partial charge in [0, 0.05) is 12.8 Å². The number of esters is 2. The van der Waals surface area contributed by atoms with Gasteiger partial charge >= 0.3 is 11.9 Å². The fourth-order valence-corrected chi connectivity index (χ4v) is 5.87. The molecule has 0 spiro atoms. The highest BCUT2D eigenvalue weighted by Gasteiger charge is 2.21. The summed E-state index contributed by atoms with van der Waals surface area (Å²) in [5.41, 5.74) is 3.54. The van der Waals surface area contributed by atoms with Gasteiger partial charge < -0.3 is 29.1 Å². The smallest absolute Gasteiger partial charge is 0.306 e. The van der Waals surface area contributed by atoms with Crippen LogP contribution in [0.3, 0.4) is 0 Å². The van der Waals surface area contributed by atoms with Crippen LogP contribution in [0.1, 0.15) is 169 Å². The Labute approximate surface area is 276 Å². The molecule has 10 heteroatoms. The van der Waals surface area contributed by atoms with Gasteiger partial charge in [-0.1, -0.05) is 143 Å². The Hall–Kier alpha value is -0.990. The minimum Gasteiger partial charge on any atom is -0.756 e. The van der Waals surface area contributed by atoms with Crippen LogP contribution in [0.4, 0.5) is 0 Å². The number of ether oxygens (including phenoxy) is 2. The molecule has 0 aromatic carbocycles. The molecule has 0 heterocycles. The molecule has 0 aliphatic carbocycles. The van der Waals surface area contributed by atoms with Gasteiger partial charge in [0.1, 0.15) is 13.2 Å². The Morgan fingerprint density at radius 2 is 1.13 bits per heavy atom. The summed E-state index contributed by atoms with van der Waals surface area (Å²) in [5.74, 6) is 0.769. The molecular weight excluding hydrogens is 593 g/mol. The van der Waals surface area contributed by atoms with Crippen LogP contribution in [-0.4, -0.2) is 44.4 Å². The first kappa shape index (κ1) is 44.0. The first-order valence-corrected chi connectivity index (χ1v) is 19.8. The lowest BCUT2D eigenvalue weighted by Gasteiger charge is -2.25. The van der Waals surface area contributed by atoms with E-state index in [1.165, 1.54) is 83.5 Å². The van der Waals surface area contributed by atoms with Crippen molar-refractivity contribution < 1.29 is 43.3 Å². The van der Waals surface area contributed by atoms with Gasteiger partial charge in [-0.05, 0) is 24.7 Å². The van der Waals surface area contributed by atoms with E-state index in [2.05, 4.69) is 33.4 Å². The van der Waals surface area contributed by atoms with Gasteiger partial charge in [-0.25, -0.2) is 0 Å². The molecule has 0 aromatic heterocycles. The summed E-state index contributed by atoms with van der Waals surface area (Å²) in [4.78, 5) is 36.7. The molecule has 0 radical (unpaired) electrons. The van der Waals surface area contributed by atoms with Crippen molar-refractivity contribution in [2.45, 2.75) is 175 Å². The molecular formula is C35H70NO8P. The summed E-state index contributed by atoms with van der Waals surface area (Å²) in [6, 6.07) is 0. The lowest BCUT2D eigenvalue weighted by Crippen LogP contribution is -2.52. The largest absolute Gasteiger partial charge is 0.756 e. The second kappa shape index (κ2) is 30.4. The highest BCUT2D eigenvalue weighted by atomic mass is 31.2. The Bertz CT molecular complexity index is 751. The summed E-state index contributed by atoms with van der Waals surface area (Å²) >= 11 is 0. The minimum absolute atomic E-state index is 0.101. The molecule has 2 unspecified atom stereocenters. The second-order valence-electron chi connectivity index (χ2n) is 13.2. The first-order valence-electron chi connectivity index (χ1n) is 18.3. The molecule has 3 N–H and O–H groups in total. The highest BCUT2D eigenvalue weighted by Crippen LogP contribution is 2.38. The van der Waals surface area contributed by atoms with Gasteiger partial charge in [0.25, 0.3) is 7.82 Å². The van der Waals surface area contributed by atoms with Crippen LogP contribution < -0.4 is 10.6 Å². The third-order valence-corrected chi connectivity index (χ3v) is 9.19. The van der Waals surface area contributed by atoms with Crippen LogP contribution in [0.15, 0.2) is 0 Å². The maximum Gasteiger partial charge on any atom is 0.306 e. The molecule has 0 saturated heterocycles. The molecule has 45 heavy (non-hydrogen) atoms. The van der Waals surface area contributed by atoms with Crippen molar-refractivity contribution in [3.05, 3.63) is 0 Å². The number of unbranched alkanes of at least 4 members (excludes halogenated alkanes) is 15. The van der Waals surface area contributed by atoms with Crippen molar-refractivity contribution in [1.82, 2.24) is 0 Å². The maximum atomic E-state index is 12.5. The van der Waals surface area contributed by atoms with Crippen LogP contribution in [0.2, 0.25) is 0 Å². The Kier molecular flexibility index (Phi) is 29.7. The standard InChI is InChI=1S/C35H70NO8P/c1-5-32(4)24-20-16-12-9-10-14-18-22-26-35(38)44-33(30-43-45(39,40)42-28-27-36)29-41-34(37)25-21-17-13-8-6-7-11-15-19-23-31(2)3/h31-33H,5-30,36H2,1-4H3,(H,39,40)/t32?,33-/m0/s1. The minimum atomic E-state index is -4.57. The average molecular weight is 664 g/mol. The number of phosphoric acid groups is 1. The van der Waals surface area contributed by atoms with Crippen LogP contribution in [0.5, 0.6) is 0 Å². The van der Waals surface area contributed by atoms with E-state index in [0.717, 1.165) is 50.4 Å². The molecule has 0 fully saturated rings. The summed E-state index contributed by atoms with van der Waals surface area (Å²) in [6.07, 6.45) is 22.8. The van der Waals surface area contributed by atoms with Crippen LogP contribution in [0.25, 0.3) is 0 Å². The van der Waals surface area contributed by atoms with E-state index < -0.39 is 26.5 Å². The van der Waals surface area contributed by atoms with Crippen LogP contribution >= 0.6 is 7.82 Å². The summed E-state index contributed by atoms with van der Waals surface area (Å²) in [6.45, 7) is 8.55. The van der Waals surface area contributed by atoms with E-state index in [1.807, 2.05) is 0 Å². The second-order valence-corrected chi connectivity index (χ2v) is 14.6. The van der Waals surface area contributed by atoms with E-state index in [4.69, 9.17) is 18.5 Å². The maximum absolute atomic E-state index is 12.5. The Balaban J connectivity index is 4.25. The van der Waals surface area contributed by atoms with Gasteiger partial charge in [0.05, 0.1) is 13.2 Å². The van der Waals surface area contributed by atoms with Crippen LogP contribution in [-0.2, 0) is 32.7 Å². The Morgan fingerprint density at radius 1 is 0.667 bits per heavy atom.